The van der Waals surface area contributed by atoms with Gasteiger partial charge in [0, 0.05) is 29.6 Å². The fourth-order valence-electron chi connectivity index (χ4n) is 4.03. The van der Waals surface area contributed by atoms with Gasteiger partial charge in [-0.1, -0.05) is 55.5 Å². The molecule has 0 spiro atoms. The van der Waals surface area contributed by atoms with Crippen molar-refractivity contribution in [3.8, 4) is 0 Å². The summed E-state index contributed by atoms with van der Waals surface area (Å²) in [5, 5.41) is 1.27. The van der Waals surface area contributed by atoms with Gasteiger partial charge in [-0.2, -0.15) is 0 Å². The quantitative estimate of drug-likeness (QED) is 0.679. The zero-order valence-corrected chi connectivity index (χ0v) is 15.2. The van der Waals surface area contributed by atoms with Gasteiger partial charge < -0.3 is 9.88 Å². The average molecular weight is 344 g/mol. The van der Waals surface area contributed by atoms with Crippen LogP contribution in [0.2, 0.25) is 0 Å². The Morgan fingerprint density at radius 2 is 2.00 bits per heavy atom. The van der Waals surface area contributed by atoms with Crippen LogP contribution in [-0.4, -0.2) is 22.3 Å². The molecule has 3 heteroatoms. The second-order valence-corrected chi connectivity index (χ2v) is 6.89. The van der Waals surface area contributed by atoms with Crippen molar-refractivity contribution < 1.29 is 4.79 Å². The van der Waals surface area contributed by atoms with E-state index < -0.39 is 0 Å². The van der Waals surface area contributed by atoms with Gasteiger partial charge in [-0.25, -0.2) is 0 Å². The fourth-order valence-corrected chi connectivity index (χ4v) is 4.03. The van der Waals surface area contributed by atoms with E-state index in [1.54, 1.807) is 6.08 Å². The maximum absolute atomic E-state index is 12.8. The molecule has 3 nitrogen and oxygen atoms in total. The second-order valence-electron chi connectivity index (χ2n) is 6.89. The smallest absolute Gasteiger partial charge is 0.227 e. The van der Waals surface area contributed by atoms with Crippen molar-refractivity contribution in [2.75, 3.05) is 6.54 Å². The first-order valence-corrected chi connectivity index (χ1v) is 9.31. The minimum Gasteiger partial charge on any atom is -0.356 e. The summed E-state index contributed by atoms with van der Waals surface area (Å²) in [7, 11) is 0. The fraction of sp³-hybridized carbons (Fsp3) is 0.261. The second kappa shape index (κ2) is 6.83. The number of nitrogens with zero attached hydrogens (tertiary/aromatic N) is 1. The monoisotopic (exact) mass is 344 g/mol. The first-order valence-electron chi connectivity index (χ1n) is 9.31. The van der Waals surface area contributed by atoms with Crippen LogP contribution in [-0.2, 0) is 17.6 Å². The van der Waals surface area contributed by atoms with Crippen LogP contribution in [0.15, 0.2) is 61.2 Å². The van der Waals surface area contributed by atoms with Gasteiger partial charge in [-0.3, -0.25) is 4.79 Å². The molecule has 132 valence electrons. The number of carbonyl (C=O) groups excluding carboxylic acids is 1. The van der Waals surface area contributed by atoms with Crippen LogP contribution in [0.25, 0.3) is 10.9 Å². The molecule has 1 aromatic heterocycles. The highest BCUT2D eigenvalue weighted by Gasteiger charge is 2.33. The molecule has 1 aliphatic heterocycles. The van der Waals surface area contributed by atoms with Gasteiger partial charge >= 0.3 is 0 Å². The lowest BCUT2D eigenvalue weighted by Crippen LogP contribution is -2.40. The number of aromatic nitrogens is 1. The Morgan fingerprint density at radius 3 is 2.73 bits per heavy atom. The zero-order chi connectivity index (χ0) is 18.1. The van der Waals surface area contributed by atoms with E-state index in [2.05, 4.69) is 67.0 Å². The maximum Gasteiger partial charge on any atom is 0.227 e. The molecule has 0 fully saturated rings. The summed E-state index contributed by atoms with van der Waals surface area (Å²) in [5.74, 6) is 0.133. The number of rotatable bonds is 4. The van der Waals surface area contributed by atoms with Gasteiger partial charge in [-0.15, -0.1) is 6.58 Å². The SMILES string of the molecule is C=CCC(=O)N1CCc2c([nH]c3ccccc23)C1c1ccc(CC)cc1. The van der Waals surface area contributed by atoms with Gasteiger partial charge in [0.15, 0.2) is 0 Å². The molecule has 2 heterocycles. The summed E-state index contributed by atoms with van der Waals surface area (Å²) in [6, 6.07) is 17.0. The molecule has 4 rings (SSSR count). The number of aryl methyl sites for hydroxylation is 1. The molecule has 1 aliphatic rings. The van der Waals surface area contributed by atoms with Crippen LogP contribution in [0.5, 0.6) is 0 Å². The minimum atomic E-state index is -0.0653. The number of amides is 1. The minimum absolute atomic E-state index is 0.0653. The molecule has 1 amide bonds. The number of hydrogen-bond acceptors (Lipinski definition) is 1. The third-order valence-corrected chi connectivity index (χ3v) is 5.38. The Balaban J connectivity index is 1.86. The van der Waals surface area contributed by atoms with E-state index in [4.69, 9.17) is 0 Å². The van der Waals surface area contributed by atoms with Crippen molar-refractivity contribution in [2.24, 2.45) is 0 Å². The predicted octanol–water partition coefficient (Wildman–Crippen LogP) is 4.78. The Kier molecular flexibility index (Phi) is 4.37. The molecule has 1 atom stereocenters. The highest BCUT2D eigenvalue weighted by atomic mass is 16.2. The molecule has 2 aromatic carbocycles. The third-order valence-electron chi connectivity index (χ3n) is 5.38. The first-order chi connectivity index (χ1) is 12.7. The van der Waals surface area contributed by atoms with Crippen molar-refractivity contribution in [3.63, 3.8) is 0 Å². The van der Waals surface area contributed by atoms with Crippen LogP contribution in [0.4, 0.5) is 0 Å². The van der Waals surface area contributed by atoms with E-state index in [-0.39, 0.29) is 11.9 Å². The molecule has 0 aliphatic carbocycles. The van der Waals surface area contributed by atoms with Gasteiger partial charge in [-0.05, 0) is 35.6 Å². The van der Waals surface area contributed by atoms with Crippen molar-refractivity contribution in [1.29, 1.82) is 0 Å². The van der Waals surface area contributed by atoms with Crippen molar-refractivity contribution >= 4 is 16.8 Å². The summed E-state index contributed by atoms with van der Waals surface area (Å²) in [6.45, 7) is 6.64. The van der Waals surface area contributed by atoms with Gasteiger partial charge in [0.1, 0.15) is 0 Å². The number of fused-ring (bicyclic) bond motifs is 3. The summed E-state index contributed by atoms with van der Waals surface area (Å²) in [5.41, 5.74) is 6.11. The molecular formula is C23H24N2O. The normalized spacial score (nSPS) is 16.5. The Morgan fingerprint density at radius 1 is 1.23 bits per heavy atom. The molecule has 26 heavy (non-hydrogen) atoms. The summed E-state index contributed by atoms with van der Waals surface area (Å²) >= 11 is 0. The molecule has 1 N–H and O–H groups in total. The molecule has 0 bridgehead atoms. The first kappa shape index (κ1) is 16.6. The van der Waals surface area contributed by atoms with Crippen molar-refractivity contribution in [2.45, 2.75) is 32.2 Å². The third kappa shape index (κ3) is 2.74. The van der Waals surface area contributed by atoms with Crippen molar-refractivity contribution in [3.05, 3.63) is 83.6 Å². The number of benzene rings is 2. The number of carbonyl (C=O) groups is 1. The lowest BCUT2D eigenvalue weighted by atomic mass is 9.91. The highest BCUT2D eigenvalue weighted by molar-refractivity contribution is 5.86. The van der Waals surface area contributed by atoms with E-state index in [9.17, 15) is 4.79 Å². The summed E-state index contributed by atoms with van der Waals surface area (Å²) in [6.07, 6.45) is 3.97. The Hall–Kier alpha value is -2.81. The summed E-state index contributed by atoms with van der Waals surface area (Å²) in [4.78, 5) is 18.4. The molecule has 0 saturated carbocycles. The number of para-hydroxylation sites is 1. The van der Waals surface area contributed by atoms with Gasteiger partial charge in [0.05, 0.1) is 6.04 Å². The topological polar surface area (TPSA) is 36.1 Å². The molecular weight excluding hydrogens is 320 g/mol. The lowest BCUT2D eigenvalue weighted by Gasteiger charge is -2.36. The van der Waals surface area contributed by atoms with Gasteiger partial charge in [0.2, 0.25) is 5.91 Å². The van der Waals surface area contributed by atoms with E-state index in [1.807, 2.05) is 4.90 Å². The van der Waals surface area contributed by atoms with Crippen LogP contribution >= 0.6 is 0 Å². The van der Waals surface area contributed by atoms with E-state index in [0.29, 0.717) is 6.42 Å². The maximum atomic E-state index is 12.8. The molecule has 0 saturated heterocycles. The number of hydrogen-bond donors (Lipinski definition) is 1. The van der Waals surface area contributed by atoms with E-state index in [0.717, 1.165) is 36.2 Å². The average Bonchev–Trinajstić information content (AvgIpc) is 3.06. The Bertz CT molecular complexity index is 952. The van der Waals surface area contributed by atoms with Crippen molar-refractivity contribution in [1.82, 2.24) is 9.88 Å². The number of nitrogens with one attached hydrogen (secondary N) is 1. The Labute approximate surface area is 154 Å². The van der Waals surface area contributed by atoms with Crippen LogP contribution in [0.3, 0.4) is 0 Å². The lowest BCUT2D eigenvalue weighted by molar-refractivity contribution is -0.132. The zero-order valence-electron chi connectivity index (χ0n) is 15.2. The van der Waals surface area contributed by atoms with Crippen LogP contribution in [0, 0.1) is 0 Å². The molecule has 1 unspecified atom stereocenters. The highest BCUT2D eigenvalue weighted by Crippen LogP contribution is 2.38. The van der Waals surface area contributed by atoms with E-state index in [1.165, 1.54) is 16.5 Å². The standard InChI is InChI=1S/C23H24N2O/c1-3-7-21(26)25-15-14-19-18-8-5-6-9-20(18)24-22(19)23(25)17-12-10-16(4-2)11-13-17/h3,5-6,8-13,23-24H,1,4,7,14-15H2,2H3. The van der Waals surface area contributed by atoms with E-state index >= 15 is 0 Å². The molecule has 3 aromatic rings. The van der Waals surface area contributed by atoms with Gasteiger partial charge in [0.25, 0.3) is 0 Å². The summed E-state index contributed by atoms with van der Waals surface area (Å²) < 4.78 is 0. The predicted molar refractivity (Wildman–Crippen MR) is 106 cm³/mol. The number of H-pyrrole nitrogens is 1. The van der Waals surface area contributed by atoms with Crippen LogP contribution in [0.1, 0.15) is 41.8 Å². The number of aromatic amines is 1. The molecule has 0 radical (unpaired) electrons. The van der Waals surface area contributed by atoms with Crippen LogP contribution < -0.4 is 0 Å². The largest absolute Gasteiger partial charge is 0.356 e.